The topological polar surface area (TPSA) is 133 Å². The van der Waals surface area contributed by atoms with E-state index in [0.717, 1.165) is 36.0 Å². The molecule has 6 heterocycles. The third-order valence-electron chi connectivity index (χ3n) is 7.30. The Morgan fingerprint density at radius 2 is 2.15 bits per heavy atom. The highest BCUT2D eigenvalue weighted by molar-refractivity contribution is 7.17. The van der Waals surface area contributed by atoms with Gasteiger partial charge in [0.2, 0.25) is 0 Å². The van der Waals surface area contributed by atoms with E-state index in [2.05, 4.69) is 31.6 Å². The normalized spacial score (nSPS) is 27.7. The van der Waals surface area contributed by atoms with Gasteiger partial charge in [-0.2, -0.15) is 5.26 Å². The Labute approximate surface area is 195 Å². The summed E-state index contributed by atoms with van der Waals surface area (Å²) in [5, 5.41) is 17.4. The summed E-state index contributed by atoms with van der Waals surface area (Å²) in [4.78, 5) is 28.0. The van der Waals surface area contributed by atoms with Crippen LogP contribution in [0.4, 0.5) is 16.8 Å². The van der Waals surface area contributed by atoms with Gasteiger partial charge in [-0.25, -0.2) is 9.97 Å². The van der Waals surface area contributed by atoms with Crippen molar-refractivity contribution in [2.75, 3.05) is 10.6 Å². The fourth-order valence-corrected chi connectivity index (χ4v) is 6.78. The molecule has 1 amide bonds. The van der Waals surface area contributed by atoms with Crippen molar-refractivity contribution in [2.45, 2.75) is 62.2 Å². The van der Waals surface area contributed by atoms with Crippen molar-refractivity contribution < 1.29 is 4.79 Å². The Morgan fingerprint density at radius 3 is 2.88 bits per heavy atom. The van der Waals surface area contributed by atoms with Crippen molar-refractivity contribution in [2.24, 2.45) is 5.73 Å². The third kappa shape index (κ3) is 3.39. The number of nitriles is 1. The first kappa shape index (κ1) is 20.3. The van der Waals surface area contributed by atoms with Gasteiger partial charge in [0.05, 0.1) is 17.8 Å². The zero-order valence-corrected chi connectivity index (χ0v) is 18.8. The van der Waals surface area contributed by atoms with Gasteiger partial charge in [-0.3, -0.25) is 14.7 Å². The molecule has 0 radical (unpaired) electrons. The number of nitrogens with zero attached hydrogens (tertiary/aromatic N) is 5. The van der Waals surface area contributed by atoms with E-state index in [-0.39, 0.29) is 0 Å². The predicted molar refractivity (Wildman–Crippen MR) is 126 cm³/mol. The second-order valence-electron chi connectivity index (χ2n) is 9.26. The molecule has 3 aromatic rings. The highest BCUT2D eigenvalue weighted by Gasteiger charge is 2.64. The molecule has 10 heteroatoms. The molecule has 0 aromatic carbocycles. The van der Waals surface area contributed by atoms with Gasteiger partial charge in [-0.15, -0.1) is 0 Å². The zero-order valence-electron chi connectivity index (χ0n) is 18.0. The number of nitrogens with two attached hydrogens (primary N) is 1. The minimum absolute atomic E-state index is 0.312. The van der Waals surface area contributed by atoms with Crippen LogP contribution in [0.25, 0.3) is 10.9 Å². The Kier molecular flexibility index (Phi) is 4.71. The van der Waals surface area contributed by atoms with Crippen LogP contribution in [0.5, 0.6) is 0 Å². The highest BCUT2D eigenvalue weighted by atomic mass is 32.1. The lowest BCUT2D eigenvalue weighted by Gasteiger charge is -2.74. The van der Waals surface area contributed by atoms with Gasteiger partial charge in [0.25, 0.3) is 5.91 Å². The Hall–Kier alpha value is -3.29. The van der Waals surface area contributed by atoms with E-state index in [9.17, 15) is 4.79 Å². The molecule has 3 aliphatic rings. The highest BCUT2D eigenvalue weighted by Crippen LogP contribution is 2.58. The van der Waals surface area contributed by atoms with Crippen LogP contribution in [0, 0.1) is 11.3 Å². The van der Waals surface area contributed by atoms with E-state index in [1.165, 1.54) is 30.4 Å². The lowest BCUT2D eigenvalue weighted by atomic mass is 9.57. The summed E-state index contributed by atoms with van der Waals surface area (Å²) in [6.45, 7) is 0. The molecule has 0 bridgehead atoms. The smallest absolute Gasteiger partial charge is 0.260 e. The number of piperidine rings is 2. The molecule has 3 aliphatic heterocycles. The third-order valence-corrected chi connectivity index (χ3v) is 8.23. The fourth-order valence-electron chi connectivity index (χ4n) is 6.10. The lowest BCUT2D eigenvalue weighted by molar-refractivity contribution is -0.222. The Bertz CT molecular complexity index is 1270. The molecule has 2 unspecified atom stereocenters. The fraction of sp³-hybridized carbons (Fsp3) is 0.435. The van der Waals surface area contributed by atoms with Crippen molar-refractivity contribution in [1.82, 2.24) is 19.9 Å². The van der Waals surface area contributed by atoms with Crippen LogP contribution in [-0.2, 0) is 0 Å². The number of thiazole rings is 1. The number of hydrogen-bond donors (Lipinski definition) is 3. The number of amides is 1. The van der Waals surface area contributed by atoms with E-state index in [1.807, 2.05) is 18.2 Å². The summed E-state index contributed by atoms with van der Waals surface area (Å²) in [6.07, 6.45) is 9.47. The molecule has 3 fully saturated rings. The summed E-state index contributed by atoms with van der Waals surface area (Å²) in [5.74, 6) is 0.933. The molecular formula is C23H24N8OS. The summed E-state index contributed by atoms with van der Waals surface area (Å²) < 4.78 is 0. The molecule has 168 valence electrons. The monoisotopic (exact) mass is 460 g/mol. The van der Waals surface area contributed by atoms with E-state index in [0.29, 0.717) is 45.9 Å². The minimum Gasteiger partial charge on any atom is -0.367 e. The summed E-state index contributed by atoms with van der Waals surface area (Å²) >= 11 is 1.20. The molecule has 0 spiro atoms. The van der Waals surface area contributed by atoms with Gasteiger partial charge in [-0.1, -0.05) is 11.3 Å². The molecule has 3 saturated heterocycles. The lowest BCUT2D eigenvalue weighted by Crippen LogP contribution is -2.81. The first-order valence-corrected chi connectivity index (χ1v) is 12.1. The van der Waals surface area contributed by atoms with Crippen LogP contribution in [0.2, 0.25) is 0 Å². The van der Waals surface area contributed by atoms with Crippen LogP contribution in [-0.4, -0.2) is 49.4 Å². The van der Waals surface area contributed by atoms with E-state index in [1.54, 1.807) is 6.20 Å². The molecule has 6 rings (SSSR count). The first-order valence-electron chi connectivity index (χ1n) is 11.2. The van der Waals surface area contributed by atoms with Crippen LogP contribution in [0.15, 0.2) is 30.6 Å². The quantitative estimate of drug-likeness (QED) is 0.489. The number of carbonyl (C=O) groups is 1. The van der Waals surface area contributed by atoms with Crippen molar-refractivity contribution >= 4 is 44.9 Å². The van der Waals surface area contributed by atoms with Crippen LogP contribution < -0.4 is 16.4 Å². The number of fused-ring (bicyclic) bond motifs is 1. The van der Waals surface area contributed by atoms with E-state index in [4.69, 9.17) is 16.0 Å². The standard InChI is InChI=1S/C23H24N8OS/c24-5-2-4-23-10-14-7-13(8-15(11-23)31(14)23)28-21-16-3-1-6-26-17(16)9-19(29-21)30-22-27-12-18(33-22)20(25)32/h1,3,6,9,12-15H,2,4,7-8,10-11H2,(H2,25,32)(H2,27,28,29,30)/t13?,14-,15+,23?. The number of aromatic nitrogens is 3. The average molecular weight is 461 g/mol. The molecule has 3 aromatic heterocycles. The van der Waals surface area contributed by atoms with Gasteiger partial charge < -0.3 is 16.4 Å². The number of rotatable bonds is 7. The van der Waals surface area contributed by atoms with Gasteiger partial charge >= 0.3 is 0 Å². The average Bonchev–Trinajstić information content (AvgIpc) is 3.23. The molecule has 9 nitrogen and oxygen atoms in total. The number of anilines is 3. The largest absolute Gasteiger partial charge is 0.367 e. The summed E-state index contributed by atoms with van der Waals surface area (Å²) in [7, 11) is 0. The second-order valence-corrected chi connectivity index (χ2v) is 10.3. The Morgan fingerprint density at radius 1 is 1.33 bits per heavy atom. The number of pyridine rings is 2. The van der Waals surface area contributed by atoms with E-state index < -0.39 is 5.91 Å². The summed E-state index contributed by atoms with van der Waals surface area (Å²) in [5.41, 5.74) is 6.49. The predicted octanol–water partition coefficient (Wildman–Crippen LogP) is 3.39. The minimum atomic E-state index is -0.494. The number of nitrogens with one attached hydrogen (secondary N) is 2. The number of primary amides is 1. The number of hydrogen-bond acceptors (Lipinski definition) is 9. The van der Waals surface area contributed by atoms with Crippen LogP contribution >= 0.6 is 11.3 Å². The number of carbonyl (C=O) groups excluding carboxylic acids is 1. The SMILES string of the molecule is N#CCCC12C[C@H]3CC(Nc4nc(Nc5ncc(C(N)=O)s5)cc5ncccc45)C[C@@H](C1)N32. The van der Waals surface area contributed by atoms with Gasteiger partial charge in [-0.05, 0) is 44.2 Å². The van der Waals surface area contributed by atoms with Crippen LogP contribution in [0.1, 0.15) is 48.2 Å². The van der Waals surface area contributed by atoms with Crippen molar-refractivity contribution in [3.8, 4) is 6.07 Å². The second kappa shape index (κ2) is 7.64. The molecule has 0 aliphatic carbocycles. The van der Waals surface area contributed by atoms with E-state index >= 15 is 0 Å². The molecule has 4 N–H and O–H groups in total. The van der Waals surface area contributed by atoms with Gasteiger partial charge in [0.1, 0.15) is 16.5 Å². The van der Waals surface area contributed by atoms with Crippen molar-refractivity contribution in [1.29, 1.82) is 5.26 Å². The summed E-state index contributed by atoms with van der Waals surface area (Å²) in [6, 6.07) is 9.70. The van der Waals surface area contributed by atoms with Gasteiger partial charge in [0, 0.05) is 47.7 Å². The maximum Gasteiger partial charge on any atom is 0.260 e. The Balaban J connectivity index is 1.21. The molecule has 33 heavy (non-hydrogen) atoms. The van der Waals surface area contributed by atoms with Crippen LogP contribution in [0.3, 0.4) is 0 Å². The zero-order chi connectivity index (χ0) is 22.6. The maximum absolute atomic E-state index is 11.4. The van der Waals surface area contributed by atoms with Gasteiger partial charge in [0.15, 0.2) is 5.13 Å². The molecule has 4 atom stereocenters. The van der Waals surface area contributed by atoms with Crippen molar-refractivity contribution in [3.63, 3.8) is 0 Å². The maximum atomic E-state index is 11.4. The molecule has 0 saturated carbocycles. The first-order chi connectivity index (χ1) is 16.0. The van der Waals surface area contributed by atoms with Crippen molar-refractivity contribution in [3.05, 3.63) is 35.5 Å². The molecular weight excluding hydrogens is 436 g/mol.